The van der Waals surface area contributed by atoms with Crippen molar-refractivity contribution in [2.75, 3.05) is 31.1 Å². The first-order chi connectivity index (χ1) is 14.1. The third-order valence-electron chi connectivity index (χ3n) is 7.74. The van der Waals surface area contributed by atoms with Crippen molar-refractivity contribution in [2.45, 2.75) is 64.5 Å². The molecule has 1 unspecified atom stereocenters. The van der Waals surface area contributed by atoms with Crippen LogP contribution in [0.3, 0.4) is 0 Å². The van der Waals surface area contributed by atoms with Crippen molar-refractivity contribution in [3.63, 3.8) is 0 Å². The van der Waals surface area contributed by atoms with Crippen LogP contribution in [0.25, 0.3) is 0 Å². The molecule has 2 aliphatic rings. The number of hydrogen-bond donors (Lipinski definition) is 0. The molecule has 0 aromatic heterocycles. The van der Waals surface area contributed by atoms with Crippen molar-refractivity contribution >= 4 is 5.69 Å². The molecule has 2 nitrogen and oxygen atoms in total. The van der Waals surface area contributed by atoms with Crippen LogP contribution in [0.15, 0.2) is 48.5 Å². The molecule has 30 heavy (non-hydrogen) atoms. The predicted octanol–water partition coefficient (Wildman–Crippen LogP) is 2.60. The van der Waals surface area contributed by atoms with E-state index >= 15 is 0 Å². The average Bonchev–Trinajstić information content (AvgIpc) is 3.18. The summed E-state index contributed by atoms with van der Waals surface area (Å²) in [7, 11) is 0. The lowest BCUT2D eigenvalue weighted by Gasteiger charge is -2.47. The van der Waals surface area contributed by atoms with Crippen molar-refractivity contribution in [1.82, 2.24) is 0 Å². The summed E-state index contributed by atoms with van der Waals surface area (Å²) in [6.07, 6.45) is 7.40. The van der Waals surface area contributed by atoms with Crippen LogP contribution >= 0.6 is 0 Å². The Bertz CT molecular complexity index is 795. The highest BCUT2D eigenvalue weighted by atomic mass is 127. The molecular formula is C26H36FIN2. The highest BCUT2D eigenvalue weighted by Crippen LogP contribution is 2.32. The molecular weight excluding hydrogens is 486 g/mol. The maximum Gasteiger partial charge on any atom is 0.125 e. The van der Waals surface area contributed by atoms with E-state index in [1.54, 1.807) is 12.1 Å². The van der Waals surface area contributed by atoms with Gasteiger partial charge in [0.15, 0.2) is 0 Å². The lowest BCUT2D eigenvalue weighted by molar-refractivity contribution is -0.953. The number of piperidine rings is 1. The van der Waals surface area contributed by atoms with Gasteiger partial charge in [0.1, 0.15) is 5.82 Å². The van der Waals surface area contributed by atoms with Crippen LogP contribution in [0, 0.1) is 5.82 Å². The molecule has 0 amide bonds. The smallest absolute Gasteiger partial charge is 0.125 e. The van der Waals surface area contributed by atoms with Gasteiger partial charge in [0.25, 0.3) is 0 Å². The summed E-state index contributed by atoms with van der Waals surface area (Å²) >= 11 is 0. The Balaban J connectivity index is 0.00000256. The first-order valence-corrected chi connectivity index (χ1v) is 11.6. The van der Waals surface area contributed by atoms with E-state index in [4.69, 9.17) is 0 Å². The van der Waals surface area contributed by atoms with Gasteiger partial charge in [0, 0.05) is 24.7 Å². The molecule has 0 saturated carbocycles. The molecule has 1 fully saturated rings. The van der Waals surface area contributed by atoms with Gasteiger partial charge in [-0.05, 0) is 75.3 Å². The number of rotatable bonds is 7. The van der Waals surface area contributed by atoms with Gasteiger partial charge in [0.05, 0.1) is 25.7 Å². The van der Waals surface area contributed by atoms with E-state index in [0.717, 1.165) is 31.1 Å². The van der Waals surface area contributed by atoms with E-state index in [0.29, 0.717) is 6.04 Å². The van der Waals surface area contributed by atoms with Crippen molar-refractivity contribution in [1.29, 1.82) is 0 Å². The van der Waals surface area contributed by atoms with Gasteiger partial charge < -0.3 is 33.4 Å². The summed E-state index contributed by atoms with van der Waals surface area (Å²) in [5.41, 5.74) is 3.97. The number of anilines is 1. The molecule has 1 aliphatic carbocycles. The zero-order chi connectivity index (χ0) is 20.3. The third kappa shape index (κ3) is 4.85. The lowest BCUT2D eigenvalue weighted by Crippen LogP contribution is -3.00. The Morgan fingerprint density at radius 1 is 0.967 bits per heavy atom. The van der Waals surface area contributed by atoms with Gasteiger partial charge >= 0.3 is 0 Å². The molecule has 1 atom stereocenters. The van der Waals surface area contributed by atoms with Crippen LogP contribution in [0.4, 0.5) is 10.1 Å². The Morgan fingerprint density at radius 3 is 2.30 bits per heavy atom. The highest BCUT2D eigenvalue weighted by Gasteiger charge is 2.37. The molecule has 2 aromatic carbocycles. The lowest BCUT2D eigenvalue weighted by atomic mass is 9.94. The quantitative estimate of drug-likeness (QED) is 0.400. The second kappa shape index (κ2) is 10.4. The number of quaternary nitrogens is 1. The second-order valence-corrected chi connectivity index (χ2v) is 9.02. The minimum Gasteiger partial charge on any atom is -1.00 e. The van der Waals surface area contributed by atoms with Crippen LogP contribution in [0.1, 0.15) is 50.7 Å². The molecule has 0 bridgehead atoms. The molecule has 1 heterocycles. The van der Waals surface area contributed by atoms with E-state index in [1.807, 2.05) is 6.07 Å². The molecule has 164 valence electrons. The molecule has 2 aromatic rings. The first kappa shape index (κ1) is 23.5. The SMILES string of the molecule is CC[N+]1(CC)CCCCC1CCN(c1cccc(F)c1)C1Cc2ccccc2C1.[I-]. The fourth-order valence-electron chi connectivity index (χ4n) is 5.96. The molecule has 4 heteroatoms. The summed E-state index contributed by atoms with van der Waals surface area (Å²) in [5, 5.41) is 0. The van der Waals surface area contributed by atoms with E-state index in [-0.39, 0.29) is 29.8 Å². The molecule has 1 saturated heterocycles. The van der Waals surface area contributed by atoms with Crippen LogP contribution in [0.5, 0.6) is 0 Å². The van der Waals surface area contributed by atoms with Crippen LogP contribution in [0.2, 0.25) is 0 Å². The fraction of sp³-hybridized carbons (Fsp3) is 0.538. The van der Waals surface area contributed by atoms with E-state index in [9.17, 15) is 4.39 Å². The Hall–Kier alpha value is -1.14. The van der Waals surface area contributed by atoms with Crippen LogP contribution < -0.4 is 28.9 Å². The molecule has 0 spiro atoms. The van der Waals surface area contributed by atoms with Gasteiger partial charge in [-0.15, -0.1) is 0 Å². The zero-order valence-corrected chi connectivity index (χ0v) is 20.7. The normalized spacial score (nSPS) is 20.4. The maximum absolute atomic E-state index is 14.1. The standard InChI is InChI=1S/C26H36FN2.HI/c1-3-29(4-2)17-8-7-14-26(29)15-16-28(24-13-9-12-23(27)20-24)25-18-21-10-5-6-11-22(21)19-25;/h5-6,9-13,20,25-26H,3-4,7-8,14-19H2,1-2H3;1H/q+1;/p-1. The van der Waals surface area contributed by atoms with E-state index in [2.05, 4.69) is 49.1 Å². The highest BCUT2D eigenvalue weighted by molar-refractivity contribution is 5.50. The number of fused-ring (bicyclic) bond motifs is 1. The molecule has 4 rings (SSSR count). The zero-order valence-electron chi connectivity index (χ0n) is 18.5. The van der Waals surface area contributed by atoms with Crippen molar-refractivity contribution in [3.05, 3.63) is 65.5 Å². The van der Waals surface area contributed by atoms with E-state index < -0.39 is 0 Å². The largest absolute Gasteiger partial charge is 1.00 e. The summed E-state index contributed by atoms with van der Waals surface area (Å²) in [6, 6.07) is 17.2. The predicted molar refractivity (Wildman–Crippen MR) is 120 cm³/mol. The second-order valence-electron chi connectivity index (χ2n) is 9.02. The van der Waals surface area contributed by atoms with Gasteiger partial charge in [-0.2, -0.15) is 0 Å². The fourth-order valence-corrected chi connectivity index (χ4v) is 5.96. The summed E-state index contributed by atoms with van der Waals surface area (Å²) in [5.74, 6) is -0.132. The van der Waals surface area contributed by atoms with Crippen LogP contribution in [-0.4, -0.2) is 42.7 Å². The first-order valence-electron chi connectivity index (χ1n) is 11.6. The van der Waals surface area contributed by atoms with Gasteiger partial charge in [0.2, 0.25) is 0 Å². The van der Waals surface area contributed by atoms with Gasteiger partial charge in [-0.1, -0.05) is 30.3 Å². The Morgan fingerprint density at radius 2 is 1.67 bits per heavy atom. The minimum absolute atomic E-state index is 0. The summed E-state index contributed by atoms with van der Waals surface area (Å²) in [6.45, 7) is 9.53. The number of benzene rings is 2. The van der Waals surface area contributed by atoms with E-state index in [1.165, 1.54) is 60.9 Å². The van der Waals surface area contributed by atoms with Gasteiger partial charge in [-0.3, -0.25) is 0 Å². The average molecular weight is 522 g/mol. The number of halogens is 2. The maximum atomic E-state index is 14.1. The topological polar surface area (TPSA) is 3.24 Å². The number of likely N-dealkylation sites (tertiary alicyclic amines) is 1. The summed E-state index contributed by atoms with van der Waals surface area (Å²) < 4.78 is 15.3. The summed E-state index contributed by atoms with van der Waals surface area (Å²) in [4.78, 5) is 2.51. The molecule has 1 aliphatic heterocycles. The number of hydrogen-bond acceptors (Lipinski definition) is 1. The Kier molecular flexibility index (Phi) is 8.19. The number of nitrogens with zero attached hydrogens (tertiary/aromatic N) is 2. The minimum atomic E-state index is -0.132. The van der Waals surface area contributed by atoms with Crippen molar-refractivity contribution in [3.8, 4) is 0 Å². The van der Waals surface area contributed by atoms with Crippen LogP contribution in [-0.2, 0) is 12.8 Å². The molecule has 0 N–H and O–H groups in total. The van der Waals surface area contributed by atoms with Crippen molar-refractivity contribution in [2.24, 2.45) is 0 Å². The Labute approximate surface area is 199 Å². The van der Waals surface area contributed by atoms with Gasteiger partial charge in [-0.25, -0.2) is 4.39 Å². The molecule has 0 radical (unpaired) electrons. The van der Waals surface area contributed by atoms with Crippen molar-refractivity contribution < 1.29 is 32.9 Å². The third-order valence-corrected chi connectivity index (χ3v) is 7.74. The monoisotopic (exact) mass is 522 g/mol.